The van der Waals surface area contributed by atoms with Crippen LogP contribution in [0.1, 0.15) is 30.9 Å². The number of aromatic hydroxyl groups is 1. The van der Waals surface area contributed by atoms with Crippen LogP contribution in [0.5, 0.6) is 11.5 Å². The van der Waals surface area contributed by atoms with Gasteiger partial charge in [-0.05, 0) is 25.5 Å². The van der Waals surface area contributed by atoms with Gasteiger partial charge in [0.25, 0.3) is 0 Å². The Bertz CT molecular complexity index is 334. The van der Waals surface area contributed by atoms with Crippen molar-refractivity contribution in [3.8, 4) is 11.5 Å². The number of unbranched alkanes of at least 4 members (excludes halogenated alkanes) is 1. The largest absolute Gasteiger partial charge is 0.508 e. The fourth-order valence-electron chi connectivity index (χ4n) is 1.67. The summed E-state index contributed by atoms with van der Waals surface area (Å²) in [6.45, 7) is 0.694. The molecule has 1 aromatic rings. The average molecular weight is 261 g/mol. The molecule has 0 unspecified atom stereocenters. The maximum absolute atomic E-state index is 9.33. The molecule has 98 valence electrons. The quantitative estimate of drug-likeness (QED) is 0.683. The van der Waals surface area contributed by atoms with Gasteiger partial charge in [0.1, 0.15) is 11.5 Å². The van der Waals surface area contributed by atoms with E-state index >= 15 is 0 Å². The first kappa shape index (κ1) is 16.0. The van der Waals surface area contributed by atoms with Crippen molar-refractivity contribution in [2.45, 2.75) is 25.3 Å². The molecule has 1 aromatic carbocycles. The lowest BCUT2D eigenvalue weighted by atomic mass is 10.0. The number of hydrogen-bond acceptors (Lipinski definition) is 4. The molecule has 5 N–H and O–H groups in total. The fraction of sp³-hybridized carbons (Fsp3) is 0.500. The molecule has 4 nitrogen and oxygen atoms in total. The van der Waals surface area contributed by atoms with Crippen LogP contribution in [-0.4, -0.2) is 18.8 Å². The first-order valence-electron chi connectivity index (χ1n) is 5.51. The molecular formula is C12H21ClN2O2. The summed E-state index contributed by atoms with van der Waals surface area (Å²) in [5, 5.41) is 9.33. The highest BCUT2D eigenvalue weighted by Crippen LogP contribution is 2.29. The van der Waals surface area contributed by atoms with Gasteiger partial charge in [-0.15, -0.1) is 12.4 Å². The number of rotatable bonds is 6. The summed E-state index contributed by atoms with van der Waals surface area (Å²) in [6, 6.07) is 4.95. The van der Waals surface area contributed by atoms with Crippen molar-refractivity contribution in [1.29, 1.82) is 0 Å². The molecule has 5 heteroatoms. The Morgan fingerprint density at radius 2 is 2.06 bits per heavy atom. The number of nitrogens with two attached hydrogens (primary N) is 2. The summed E-state index contributed by atoms with van der Waals surface area (Å²) in [4.78, 5) is 0. The Balaban J connectivity index is 0.00000256. The van der Waals surface area contributed by atoms with Crippen LogP contribution in [0.3, 0.4) is 0 Å². The van der Waals surface area contributed by atoms with Crippen molar-refractivity contribution in [1.82, 2.24) is 0 Å². The van der Waals surface area contributed by atoms with Crippen LogP contribution >= 0.6 is 12.4 Å². The Morgan fingerprint density at radius 3 is 2.65 bits per heavy atom. The minimum atomic E-state index is -0.0675. The minimum Gasteiger partial charge on any atom is -0.508 e. The van der Waals surface area contributed by atoms with Gasteiger partial charge in [0.05, 0.1) is 7.11 Å². The second-order valence-corrected chi connectivity index (χ2v) is 3.82. The van der Waals surface area contributed by atoms with Gasteiger partial charge in [-0.1, -0.05) is 12.5 Å². The molecule has 0 saturated heterocycles. The normalized spacial score (nSPS) is 11.7. The molecule has 0 amide bonds. The molecule has 0 saturated carbocycles. The summed E-state index contributed by atoms with van der Waals surface area (Å²) >= 11 is 0. The molecular weight excluding hydrogens is 240 g/mol. The molecule has 0 aromatic heterocycles. The van der Waals surface area contributed by atoms with Gasteiger partial charge in [0.2, 0.25) is 0 Å². The van der Waals surface area contributed by atoms with E-state index in [0.717, 1.165) is 24.8 Å². The highest BCUT2D eigenvalue weighted by atomic mass is 35.5. The van der Waals surface area contributed by atoms with E-state index in [1.165, 1.54) is 0 Å². The van der Waals surface area contributed by atoms with Gasteiger partial charge in [0, 0.05) is 17.7 Å². The van der Waals surface area contributed by atoms with E-state index in [4.69, 9.17) is 16.2 Å². The van der Waals surface area contributed by atoms with Crippen LogP contribution in [0.2, 0.25) is 0 Å². The molecule has 0 aliphatic heterocycles. The van der Waals surface area contributed by atoms with E-state index in [1.54, 1.807) is 25.3 Å². The minimum absolute atomic E-state index is 0. The zero-order valence-corrected chi connectivity index (χ0v) is 10.9. The lowest BCUT2D eigenvalue weighted by Crippen LogP contribution is -2.12. The molecule has 0 aliphatic rings. The lowest BCUT2D eigenvalue weighted by molar-refractivity contribution is 0.397. The third kappa shape index (κ3) is 4.81. The molecule has 0 radical (unpaired) electrons. The van der Waals surface area contributed by atoms with E-state index in [2.05, 4.69) is 0 Å². The maximum atomic E-state index is 9.33. The second kappa shape index (κ2) is 8.17. The maximum Gasteiger partial charge on any atom is 0.127 e. The van der Waals surface area contributed by atoms with Crippen molar-refractivity contribution in [3.05, 3.63) is 23.8 Å². The first-order chi connectivity index (χ1) is 7.69. The van der Waals surface area contributed by atoms with Gasteiger partial charge in [-0.3, -0.25) is 0 Å². The third-order valence-electron chi connectivity index (χ3n) is 2.59. The van der Waals surface area contributed by atoms with Gasteiger partial charge < -0.3 is 21.3 Å². The van der Waals surface area contributed by atoms with Crippen LogP contribution in [0.15, 0.2) is 18.2 Å². The van der Waals surface area contributed by atoms with Crippen LogP contribution in [0, 0.1) is 0 Å². The number of halogens is 1. The van der Waals surface area contributed by atoms with Crippen molar-refractivity contribution >= 4 is 12.4 Å². The molecule has 0 bridgehead atoms. The summed E-state index contributed by atoms with van der Waals surface area (Å²) in [5.74, 6) is 0.829. The number of phenolic OH excluding ortho intramolecular Hbond substituents is 1. The molecule has 0 aliphatic carbocycles. The van der Waals surface area contributed by atoms with E-state index in [-0.39, 0.29) is 24.2 Å². The standard InChI is InChI=1S/C12H20N2O2.ClH/c1-16-12-8-9(15)5-6-10(12)11(14)4-2-3-7-13;/h5-6,8,11,15H,2-4,7,13-14H2,1H3;1H/t11-;/m1./s1. The molecule has 0 heterocycles. The number of ether oxygens (including phenoxy) is 1. The highest BCUT2D eigenvalue weighted by Gasteiger charge is 2.11. The molecule has 17 heavy (non-hydrogen) atoms. The lowest BCUT2D eigenvalue weighted by Gasteiger charge is -2.15. The Labute approximate surface area is 108 Å². The van der Waals surface area contributed by atoms with E-state index < -0.39 is 0 Å². The van der Waals surface area contributed by atoms with Gasteiger partial charge >= 0.3 is 0 Å². The molecule has 0 fully saturated rings. The number of methoxy groups -OCH3 is 1. The van der Waals surface area contributed by atoms with Crippen molar-refractivity contribution in [2.75, 3.05) is 13.7 Å². The highest BCUT2D eigenvalue weighted by molar-refractivity contribution is 5.85. The van der Waals surface area contributed by atoms with Gasteiger partial charge in [-0.25, -0.2) is 0 Å². The molecule has 0 spiro atoms. The number of benzene rings is 1. The predicted molar refractivity (Wildman–Crippen MR) is 71.7 cm³/mol. The van der Waals surface area contributed by atoms with Crippen molar-refractivity contribution in [2.24, 2.45) is 11.5 Å². The number of hydrogen-bond donors (Lipinski definition) is 3. The Kier molecular flexibility index (Phi) is 7.70. The summed E-state index contributed by atoms with van der Waals surface area (Å²) in [7, 11) is 1.57. The zero-order chi connectivity index (χ0) is 12.0. The summed E-state index contributed by atoms with van der Waals surface area (Å²) in [6.07, 6.45) is 2.86. The Hall–Kier alpha value is -0.970. The van der Waals surface area contributed by atoms with Gasteiger partial charge in [0.15, 0.2) is 0 Å². The van der Waals surface area contributed by atoms with Crippen LogP contribution < -0.4 is 16.2 Å². The smallest absolute Gasteiger partial charge is 0.127 e. The van der Waals surface area contributed by atoms with Crippen LogP contribution in [0.25, 0.3) is 0 Å². The topological polar surface area (TPSA) is 81.5 Å². The zero-order valence-electron chi connectivity index (χ0n) is 10.1. The van der Waals surface area contributed by atoms with Crippen LogP contribution in [0.4, 0.5) is 0 Å². The third-order valence-corrected chi connectivity index (χ3v) is 2.59. The monoisotopic (exact) mass is 260 g/mol. The SMILES string of the molecule is COc1cc(O)ccc1[C@H](N)CCCCN.Cl. The molecule has 1 atom stereocenters. The summed E-state index contributed by atoms with van der Waals surface area (Å²) < 4.78 is 5.19. The second-order valence-electron chi connectivity index (χ2n) is 3.82. The van der Waals surface area contributed by atoms with E-state index in [1.807, 2.05) is 0 Å². The first-order valence-corrected chi connectivity index (χ1v) is 5.51. The molecule has 1 rings (SSSR count). The average Bonchev–Trinajstić information content (AvgIpc) is 2.29. The van der Waals surface area contributed by atoms with Gasteiger partial charge in [-0.2, -0.15) is 0 Å². The number of phenols is 1. The predicted octanol–water partition coefficient (Wildman–Crippen LogP) is 1.95. The van der Waals surface area contributed by atoms with E-state index in [0.29, 0.717) is 12.3 Å². The van der Waals surface area contributed by atoms with Crippen molar-refractivity contribution in [3.63, 3.8) is 0 Å². The fourth-order valence-corrected chi connectivity index (χ4v) is 1.67. The summed E-state index contributed by atoms with van der Waals surface area (Å²) in [5.41, 5.74) is 12.4. The Morgan fingerprint density at radius 1 is 1.35 bits per heavy atom. The van der Waals surface area contributed by atoms with Crippen molar-refractivity contribution < 1.29 is 9.84 Å². The van der Waals surface area contributed by atoms with E-state index in [9.17, 15) is 5.11 Å². The van der Waals surface area contributed by atoms with Crippen LogP contribution in [-0.2, 0) is 0 Å².